The third-order valence-electron chi connectivity index (χ3n) is 5.36. The topological polar surface area (TPSA) is 106 Å². The van der Waals surface area contributed by atoms with E-state index in [9.17, 15) is 12.8 Å². The zero-order valence-corrected chi connectivity index (χ0v) is 22.4. The summed E-state index contributed by atoms with van der Waals surface area (Å²) in [6.45, 7) is -5.15. The monoisotopic (exact) mass is 588 g/mol. The van der Waals surface area contributed by atoms with Crippen LogP contribution in [0.15, 0.2) is 83.4 Å². The number of rotatable bonds is 11. The van der Waals surface area contributed by atoms with E-state index in [0.29, 0.717) is 39.5 Å². The van der Waals surface area contributed by atoms with Crippen LogP contribution < -0.4 is 15.4 Å². The van der Waals surface area contributed by atoms with Gasteiger partial charge in [-0.3, -0.25) is 0 Å². The normalized spacial score (nSPS) is 15.2. The van der Waals surface area contributed by atoms with Gasteiger partial charge in [-0.2, -0.15) is 0 Å². The smallest absolute Gasteiger partial charge is 0.148 e. The van der Waals surface area contributed by atoms with Gasteiger partial charge < -0.3 is 19.8 Å². The van der Waals surface area contributed by atoms with Crippen LogP contribution in [0.4, 0.5) is 15.9 Å². The van der Waals surface area contributed by atoms with Crippen LogP contribution in [0.3, 0.4) is 0 Å². The van der Waals surface area contributed by atoms with Crippen molar-refractivity contribution in [1.82, 2.24) is 15.3 Å². The number of benzene rings is 3. The fourth-order valence-corrected chi connectivity index (χ4v) is 4.13. The van der Waals surface area contributed by atoms with Gasteiger partial charge in [-0.15, -0.1) is 0 Å². The first-order chi connectivity index (χ1) is 22.3. The Morgan fingerprint density at radius 1 is 1.15 bits per heavy atom. The molecule has 0 amide bonds. The third-order valence-corrected chi connectivity index (χ3v) is 6.32. The van der Waals surface area contributed by atoms with E-state index in [2.05, 4.69) is 20.6 Å². The van der Waals surface area contributed by atoms with Crippen LogP contribution in [0.25, 0.3) is 22.2 Å². The maximum absolute atomic E-state index is 14.3. The van der Waals surface area contributed by atoms with Crippen molar-refractivity contribution in [2.24, 2.45) is 0 Å². The van der Waals surface area contributed by atoms with Gasteiger partial charge in [-0.05, 0) is 66.2 Å². The van der Waals surface area contributed by atoms with Crippen molar-refractivity contribution < 1.29 is 32.9 Å². The van der Waals surface area contributed by atoms with Crippen LogP contribution in [0.5, 0.6) is 5.75 Å². The molecule has 5 rings (SSSR count). The Balaban J connectivity index is 1.36. The summed E-state index contributed by atoms with van der Waals surface area (Å²) >= 11 is 6.40. The van der Waals surface area contributed by atoms with E-state index in [4.69, 9.17) is 31.7 Å². The summed E-state index contributed by atoms with van der Waals surface area (Å²) in [7, 11) is -3.55. The van der Waals surface area contributed by atoms with E-state index < -0.39 is 64.2 Å². The van der Waals surface area contributed by atoms with Crippen LogP contribution in [-0.2, 0) is 22.9 Å². The molecule has 3 aromatic carbocycles. The van der Waals surface area contributed by atoms with Crippen LogP contribution >= 0.6 is 11.6 Å². The largest absolute Gasteiger partial charge is 0.487 e. The minimum absolute atomic E-state index is 0.0534. The summed E-state index contributed by atoms with van der Waals surface area (Å²) in [5.74, 6) is -1.14. The van der Waals surface area contributed by atoms with Crippen LogP contribution in [0, 0.1) is 5.82 Å². The van der Waals surface area contributed by atoms with Crippen LogP contribution in [0.2, 0.25) is 5.02 Å². The molecule has 2 heterocycles. The molecule has 0 fully saturated rings. The minimum Gasteiger partial charge on any atom is -0.487 e. The Morgan fingerprint density at radius 3 is 2.85 bits per heavy atom. The molecule has 0 aliphatic heterocycles. The summed E-state index contributed by atoms with van der Waals surface area (Å²) in [5, 5.41) is 6.17. The number of nitrogens with one attached hydrogen (secondary N) is 2. The van der Waals surface area contributed by atoms with Gasteiger partial charge in [0.25, 0.3) is 0 Å². The molecule has 2 N–H and O–H groups in total. The van der Waals surface area contributed by atoms with Crippen LogP contribution in [0.1, 0.15) is 22.3 Å². The molecule has 0 unspecified atom stereocenters. The zero-order chi connectivity index (χ0) is 35.2. The first-order valence-electron chi connectivity index (χ1n) is 15.6. The molecule has 0 saturated carbocycles. The number of nitrogens with zero attached hydrogens (tertiary/aromatic N) is 2. The number of halogens is 2. The molecule has 206 valence electrons. The van der Waals surface area contributed by atoms with Gasteiger partial charge in [0.05, 0.1) is 31.1 Å². The molecule has 8 nitrogen and oxygen atoms in total. The summed E-state index contributed by atoms with van der Waals surface area (Å²) < 4.78 is 112. The van der Waals surface area contributed by atoms with Crippen molar-refractivity contribution in [2.45, 2.75) is 13.1 Å². The van der Waals surface area contributed by atoms with Crippen molar-refractivity contribution in [2.75, 3.05) is 23.8 Å². The fraction of sp³-hybridized carbons (Fsp3) is 0.172. The van der Waals surface area contributed by atoms with Gasteiger partial charge in [-0.25, -0.2) is 22.8 Å². The molecular weight excluding hydrogens is 555 g/mol. The molecule has 40 heavy (non-hydrogen) atoms. The van der Waals surface area contributed by atoms with E-state index in [-0.39, 0.29) is 17.3 Å². The van der Waals surface area contributed by atoms with Crippen molar-refractivity contribution in [3.63, 3.8) is 0 Å². The quantitative estimate of drug-likeness (QED) is 0.189. The molecule has 0 saturated heterocycles. The Kier molecular flexibility index (Phi) is 5.76. The Bertz CT molecular complexity index is 2120. The minimum atomic E-state index is -3.55. The molecule has 0 spiro atoms. The van der Waals surface area contributed by atoms with E-state index >= 15 is 0 Å². The number of ether oxygens (including phenoxy) is 1. The van der Waals surface area contributed by atoms with Gasteiger partial charge in [0, 0.05) is 32.1 Å². The number of sulfone groups is 1. The maximum atomic E-state index is 14.3. The molecule has 5 aromatic rings. The van der Waals surface area contributed by atoms with Crippen molar-refractivity contribution in [1.29, 1.82) is 0 Å². The number of fused-ring (bicyclic) bond motifs is 1. The SMILES string of the molecule is [2H]c1c([2H])c(F)c([2H])c(C([2H])([2H])Oc2ccc(Nc3ncnc4ccc(-c5ccc(CNC([2H])([2H])CS(C)(=O)=O)o5)cc34)cc2Cl)c1[2H]. The highest BCUT2D eigenvalue weighted by Crippen LogP contribution is 2.32. The number of anilines is 2. The fourth-order valence-electron chi connectivity index (χ4n) is 3.55. The first kappa shape index (κ1) is 19.1. The molecule has 0 aliphatic rings. The zero-order valence-electron chi connectivity index (χ0n) is 28.8. The van der Waals surface area contributed by atoms with Crippen molar-refractivity contribution in [3.05, 3.63) is 101 Å². The number of hydrogen-bond donors (Lipinski definition) is 2. The third kappa shape index (κ3) is 7.15. The van der Waals surface area contributed by atoms with Gasteiger partial charge in [-0.1, -0.05) is 23.7 Å². The number of aromatic nitrogens is 2. The summed E-state index contributed by atoms with van der Waals surface area (Å²) in [4.78, 5) is 8.61. The Hall–Kier alpha value is -3.99. The van der Waals surface area contributed by atoms with Crippen molar-refractivity contribution >= 4 is 43.8 Å². The Morgan fingerprint density at radius 2 is 2.02 bits per heavy atom. The second-order valence-corrected chi connectivity index (χ2v) is 11.0. The lowest BCUT2D eigenvalue weighted by Crippen LogP contribution is -2.21. The van der Waals surface area contributed by atoms with Crippen LogP contribution in [-0.4, -0.2) is 36.9 Å². The highest BCUT2D eigenvalue weighted by Gasteiger charge is 2.11. The molecule has 2 aromatic heterocycles. The molecule has 0 radical (unpaired) electrons. The predicted octanol–water partition coefficient (Wildman–Crippen LogP) is 6.14. The number of hydrogen-bond acceptors (Lipinski definition) is 8. The van der Waals surface area contributed by atoms with E-state index in [1.165, 1.54) is 24.5 Å². The van der Waals surface area contributed by atoms with Crippen molar-refractivity contribution in [3.8, 4) is 17.1 Å². The average Bonchev–Trinajstić information content (AvgIpc) is 3.47. The van der Waals surface area contributed by atoms with Gasteiger partial charge in [0.2, 0.25) is 0 Å². The first-order valence-corrected chi connectivity index (χ1v) is 14.1. The highest BCUT2D eigenvalue weighted by atomic mass is 35.5. The molecule has 0 aliphatic carbocycles. The summed E-state index contributed by atoms with van der Waals surface area (Å²) in [6.07, 6.45) is 2.30. The molecular formula is C29H26ClFN4O4S. The summed E-state index contributed by atoms with van der Waals surface area (Å²) in [5.41, 5.74) is 0.779. The highest BCUT2D eigenvalue weighted by molar-refractivity contribution is 7.90. The van der Waals surface area contributed by atoms with E-state index in [0.717, 1.165) is 6.26 Å². The lowest BCUT2D eigenvalue weighted by atomic mass is 10.1. The second kappa shape index (κ2) is 12.0. The van der Waals surface area contributed by atoms with E-state index in [1.807, 2.05) is 0 Å². The molecule has 11 heteroatoms. The maximum Gasteiger partial charge on any atom is 0.148 e. The van der Waals surface area contributed by atoms with Gasteiger partial charge in [0.15, 0.2) is 0 Å². The second-order valence-electron chi connectivity index (χ2n) is 8.48. The molecule has 0 atom stereocenters. The molecule has 0 bridgehead atoms. The summed E-state index contributed by atoms with van der Waals surface area (Å²) in [6, 6.07) is 9.04. The standard InChI is InChI=1S/C29H26ClFN4O4S/c1-40(36,37)12-11-32-16-23-7-10-27(39-23)20-5-8-26-24(14-20)29(34-18-33-26)35-22-6-9-28(25(30)15-22)38-17-19-3-2-4-21(31)13-19/h2-10,13-15,18,32H,11-12,16-17H2,1H3,(H,33,34,35)/i2D,3D,4D,11D2,13D,17D2. The van der Waals surface area contributed by atoms with Gasteiger partial charge in [0.1, 0.15) is 51.6 Å². The number of furan rings is 1. The Labute approximate surface area is 247 Å². The average molecular weight is 589 g/mol. The predicted molar refractivity (Wildman–Crippen MR) is 154 cm³/mol. The van der Waals surface area contributed by atoms with Gasteiger partial charge >= 0.3 is 0 Å². The lowest BCUT2D eigenvalue weighted by Gasteiger charge is -2.12. The van der Waals surface area contributed by atoms with E-state index in [1.54, 1.807) is 30.3 Å². The lowest BCUT2D eigenvalue weighted by molar-refractivity contribution is 0.306.